The van der Waals surface area contributed by atoms with Gasteiger partial charge < -0.3 is 4.90 Å². The van der Waals surface area contributed by atoms with Gasteiger partial charge in [-0.15, -0.1) is 0 Å². The Morgan fingerprint density at radius 1 is 1.36 bits per heavy atom. The summed E-state index contributed by atoms with van der Waals surface area (Å²) in [5, 5.41) is 0. The lowest BCUT2D eigenvalue weighted by atomic mass is 10.2. The van der Waals surface area contributed by atoms with Gasteiger partial charge in [0.05, 0.1) is 11.3 Å². The zero-order valence-electron chi connectivity index (χ0n) is 8.05. The second-order valence-electron chi connectivity index (χ2n) is 2.93. The van der Waals surface area contributed by atoms with Crippen LogP contribution in [0.3, 0.4) is 0 Å². The van der Waals surface area contributed by atoms with Crippen molar-refractivity contribution in [3.05, 3.63) is 29.3 Å². The van der Waals surface area contributed by atoms with E-state index >= 15 is 0 Å². The van der Waals surface area contributed by atoms with Crippen LogP contribution in [0.4, 0.5) is 14.5 Å². The molecule has 1 aromatic rings. The molecule has 0 saturated carbocycles. The normalized spacial score (nSPS) is 10.0. The third-order valence-corrected chi connectivity index (χ3v) is 2.10. The zero-order chi connectivity index (χ0) is 10.7. The molecule has 0 N–H and O–H groups in total. The van der Waals surface area contributed by atoms with Gasteiger partial charge in [0, 0.05) is 13.6 Å². The van der Waals surface area contributed by atoms with Crippen LogP contribution in [0.2, 0.25) is 0 Å². The quantitative estimate of drug-likeness (QED) is 0.696. The molecule has 0 amide bonds. The minimum absolute atomic E-state index is 0.163. The SMILES string of the molecule is CCN(C)c1ccc(C=O)c(F)c1F. The molecule has 76 valence electrons. The maximum absolute atomic E-state index is 13.3. The summed E-state index contributed by atoms with van der Waals surface area (Å²) >= 11 is 0. The van der Waals surface area contributed by atoms with Crippen LogP contribution in [0.1, 0.15) is 17.3 Å². The molecule has 0 spiro atoms. The molecule has 0 aromatic heterocycles. The molecule has 0 bridgehead atoms. The lowest BCUT2D eigenvalue weighted by molar-refractivity contribution is 0.111. The first kappa shape index (κ1) is 10.6. The minimum atomic E-state index is -1.09. The van der Waals surface area contributed by atoms with E-state index in [-0.39, 0.29) is 11.3 Å². The number of hydrogen-bond donors (Lipinski definition) is 0. The summed E-state index contributed by atoms with van der Waals surface area (Å²) in [7, 11) is 1.65. The number of nitrogens with zero attached hydrogens (tertiary/aromatic N) is 1. The van der Waals surface area contributed by atoms with Crippen LogP contribution < -0.4 is 4.90 Å². The molecule has 0 fully saturated rings. The highest BCUT2D eigenvalue weighted by Gasteiger charge is 2.14. The standard InChI is InChI=1S/C10H11F2NO/c1-3-13(2)8-5-4-7(6-14)9(11)10(8)12/h4-6H,3H2,1-2H3. The molecule has 0 unspecified atom stereocenters. The maximum atomic E-state index is 13.3. The number of rotatable bonds is 3. The van der Waals surface area contributed by atoms with Crippen molar-refractivity contribution >= 4 is 12.0 Å². The van der Waals surface area contributed by atoms with Crippen molar-refractivity contribution < 1.29 is 13.6 Å². The van der Waals surface area contributed by atoms with Gasteiger partial charge in [-0.2, -0.15) is 0 Å². The average molecular weight is 199 g/mol. The van der Waals surface area contributed by atoms with Crippen molar-refractivity contribution in [1.82, 2.24) is 0 Å². The third kappa shape index (κ3) is 1.73. The Bertz CT molecular complexity index is 352. The average Bonchev–Trinajstić information content (AvgIpc) is 2.21. The monoisotopic (exact) mass is 199 g/mol. The van der Waals surface area contributed by atoms with E-state index in [1.807, 2.05) is 6.92 Å². The first-order valence-corrected chi connectivity index (χ1v) is 4.26. The molecular formula is C10H11F2NO. The van der Waals surface area contributed by atoms with Gasteiger partial charge >= 0.3 is 0 Å². The van der Waals surface area contributed by atoms with E-state index in [2.05, 4.69) is 0 Å². The molecular weight excluding hydrogens is 188 g/mol. The van der Waals surface area contributed by atoms with Crippen LogP contribution in [-0.4, -0.2) is 19.9 Å². The van der Waals surface area contributed by atoms with Crippen LogP contribution in [0, 0.1) is 11.6 Å². The Morgan fingerprint density at radius 3 is 2.50 bits per heavy atom. The number of aldehydes is 1. The summed E-state index contributed by atoms with van der Waals surface area (Å²) in [6.07, 6.45) is 0.300. The molecule has 0 aliphatic heterocycles. The lowest BCUT2D eigenvalue weighted by Crippen LogP contribution is -2.18. The Morgan fingerprint density at radius 2 is 2.00 bits per heavy atom. The van der Waals surface area contributed by atoms with Crippen molar-refractivity contribution in [2.45, 2.75) is 6.92 Å². The highest BCUT2D eigenvalue weighted by Crippen LogP contribution is 2.22. The van der Waals surface area contributed by atoms with Crippen LogP contribution in [0.15, 0.2) is 12.1 Å². The summed E-state index contributed by atoms with van der Waals surface area (Å²) < 4.78 is 26.4. The van der Waals surface area contributed by atoms with Crippen LogP contribution >= 0.6 is 0 Å². The van der Waals surface area contributed by atoms with Gasteiger partial charge in [0.15, 0.2) is 17.9 Å². The summed E-state index contributed by atoms with van der Waals surface area (Å²) in [5.41, 5.74) is -0.0913. The van der Waals surface area contributed by atoms with Gasteiger partial charge in [0.2, 0.25) is 0 Å². The van der Waals surface area contributed by atoms with Gasteiger partial charge in [-0.25, -0.2) is 8.78 Å². The number of halogens is 2. The highest BCUT2D eigenvalue weighted by molar-refractivity contribution is 5.76. The van der Waals surface area contributed by atoms with Gasteiger partial charge in [-0.1, -0.05) is 0 Å². The highest BCUT2D eigenvalue weighted by atomic mass is 19.2. The summed E-state index contributed by atoms with van der Waals surface area (Å²) in [4.78, 5) is 11.9. The Balaban J connectivity index is 3.23. The molecule has 1 rings (SSSR count). The number of carbonyl (C=O) groups excluding carboxylic acids is 1. The van der Waals surface area contributed by atoms with E-state index in [4.69, 9.17) is 0 Å². The first-order chi connectivity index (χ1) is 6.61. The summed E-state index contributed by atoms with van der Waals surface area (Å²) in [6, 6.07) is 2.67. The van der Waals surface area contributed by atoms with Crippen LogP contribution in [-0.2, 0) is 0 Å². The topological polar surface area (TPSA) is 20.3 Å². The molecule has 0 radical (unpaired) electrons. The van der Waals surface area contributed by atoms with Gasteiger partial charge in [-0.05, 0) is 19.1 Å². The largest absolute Gasteiger partial charge is 0.372 e. The summed E-state index contributed by atoms with van der Waals surface area (Å²) in [6.45, 7) is 2.39. The van der Waals surface area contributed by atoms with Gasteiger partial charge in [0.1, 0.15) is 0 Å². The Hall–Kier alpha value is -1.45. The van der Waals surface area contributed by atoms with Crippen LogP contribution in [0.5, 0.6) is 0 Å². The van der Waals surface area contributed by atoms with Gasteiger partial charge in [-0.3, -0.25) is 4.79 Å². The van der Waals surface area contributed by atoms with Crippen molar-refractivity contribution in [1.29, 1.82) is 0 Å². The number of carbonyl (C=O) groups is 1. The second kappa shape index (κ2) is 4.17. The molecule has 0 atom stereocenters. The lowest BCUT2D eigenvalue weighted by Gasteiger charge is -2.17. The smallest absolute Gasteiger partial charge is 0.182 e. The molecule has 0 aliphatic carbocycles. The maximum Gasteiger partial charge on any atom is 0.182 e. The van der Waals surface area contributed by atoms with E-state index in [1.165, 1.54) is 12.1 Å². The molecule has 4 heteroatoms. The molecule has 0 saturated heterocycles. The Kier molecular flexibility index (Phi) is 3.17. The van der Waals surface area contributed by atoms with E-state index in [9.17, 15) is 13.6 Å². The fraction of sp³-hybridized carbons (Fsp3) is 0.300. The van der Waals surface area contributed by atoms with E-state index in [1.54, 1.807) is 11.9 Å². The number of hydrogen-bond acceptors (Lipinski definition) is 2. The molecule has 14 heavy (non-hydrogen) atoms. The molecule has 1 aromatic carbocycles. The predicted octanol–water partition coefficient (Wildman–Crippen LogP) is 2.23. The fourth-order valence-corrected chi connectivity index (χ4v) is 1.11. The number of benzene rings is 1. The van der Waals surface area contributed by atoms with E-state index in [0.717, 1.165) is 0 Å². The Labute approximate surface area is 81.1 Å². The first-order valence-electron chi connectivity index (χ1n) is 4.26. The predicted molar refractivity (Wildman–Crippen MR) is 50.7 cm³/mol. The zero-order valence-corrected chi connectivity index (χ0v) is 8.05. The van der Waals surface area contributed by atoms with Crippen LogP contribution in [0.25, 0.3) is 0 Å². The van der Waals surface area contributed by atoms with Crippen molar-refractivity contribution in [2.24, 2.45) is 0 Å². The van der Waals surface area contributed by atoms with Crippen molar-refractivity contribution in [3.8, 4) is 0 Å². The minimum Gasteiger partial charge on any atom is -0.372 e. The van der Waals surface area contributed by atoms with E-state index in [0.29, 0.717) is 12.8 Å². The second-order valence-corrected chi connectivity index (χ2v) is 2.93. The van der Waals surface area contributed by atoms with Crippen molar-refractivity contribution in [2.75, 3.05) is 18.5 Å². The third-order valence-electron chi connectivity index (χ3n) is 2.10. The fourth-order valence-electron chi connectivity index (χ4n) is 1.11. The van der Waals surface area contributed by atoms with Crippen molar-refractivity contribution in [3.63, 3.8) is 0 Å². The van der Waals surface area contributed by atoms with E-state index < -0.39 is 11.6 Å². The summed E-state index contributed by atoms with van der Waals surface area (Å²) in [5.74, 6) is -2.06. The molecule has 0 aliphatic rings. The van der Waals surface area contributed by atoms with Gasteiger partial charge in [0.25, 0.3) is 0 Å². The molecule has 0 heterocycles. The number of anilines is 1. The molecule has 2 nitrogen and oxygen atoms in total.